The van der Waals surface area contributed by atoms with Crippen LogP contribution in [-0.2, 0) is 25.7 Å². The monoisotopic (exact) mass is 388 g/mol. The van der Waals surface area contributed by atoms with Crippen LogP contribution in [0.5, 0.6) is 0 Å². The van der Waals surface area contributed by atoms with Crippen molar-refractivity contribution in [2.75, 3.05) is 12.0 Å². The predicted octanol–water partition coefficient (Wildman–Crippen LogP) is 3.19. The Bertz CT molecular complexity index is 826. The Morgan fingerprint density at radius 2 is 1.85 bits per heavy atom. The highest BCUT2D eigenvalue weighted by Gasteiger charge is 2.40. The highest BCUT2D eigenvalue weighted by molar-refractivity contribution is 6.30. The molecule has 2 amide bonds. The molecule has 1 fully saturated rings. The molecule has 1 N–H and O–H groups in total. The number of esters is 1. The van der Waals surface area contributed by atoms with Crippen molar-refractivity contribution in [3.8, 4) is 0 Å². The SMILES string of the molecule is O=C(C[C@@H]1C(=O)OCN1C(=O)OCc1ccccc1)Nc1ccc(Cl)cc1. The van der Waals surface area contributed by atoms with Crippen molar-refractivity contribution in [2.24, 2.45) is 0 Å². The smallest absolute Gasteiger partial charge is 0.413 e. The van der Waals surface area contributed by atoms with Crippen LogP contribution in [0.1, 0.15) is 12.0 Å². The van der Waals surface area contributed by atoms with Gasteiger partial charge in [0.05, 0.1) is 6.42 Å². The molecule has 0 bridgehead atoms. The van der Waals surface area contributed by atoms with Gasteiger partial charge in [0.15, 0.2) is 6.73 Å². The maximum atomic E-state index is 12.3. The van der Waals surface area contributed by atoms with Gasteiger partial charge in [-0.1, -0.05) is 41.9 Å². The van der Waals surface area contributed by atoms with E-state index in [-0.39, 0.29) is 19.8 Å². The first kappa shape index (κ1) is 18.7. The number of hydrogen-bond donors (Lipinski definition) is 1. The van der Waals surface area contributed by atoms with E-state index in [4.69, 9.17) is 21.1 Å². The van der Waals surface area contributed by atoms with E-state index in [1.54, 1.807) is 24.3 Å². The molecule has 7 nitrogen and oxygen atoms in total. The molecule has 0 saturated carbocycles. The summed E-state index contributed by atoms with van der Waals surface area (Å²) in [5, 5.41) is 3.19. The Kier molecular flexibility index (Phi) is 5.93. The second-order valence-corrected chi connectivity index (χ2v) is 6.31. The third-order valence-corrected chi connectivity index (χ3v) is 4.19. The summed E-state index contributed by atoms with van der Waals surface area (Å²) in [4.78, 5) is 37.5. The molecule has 0 aromatic heterocycles. The van der Waals surface area contributed by atoms with Gasteiger partial charge in [-0.2, -0.15) is 0 Å². The molecule has 2 aromatic carbocycles. The van der Waals surface area contributed by atoms with Crippen LogP contribution < -0.4 is 5.32 Å². The number of halogens is 1. The number of cyclic esters (lactones) is 1. The standard InChI is InChI=1S/C19H17ClN2O5/c20-14-6-8-15(9-7-14)21-17(23)10-16-18(24)27-12-22(16)19(25)26-11-13-4-2-1-3-5-13/h1-9,16H,10-12H2,(H,21,23)/t16-/m1/s1. The van der Waals surface area contributed by atoms with E-state index >= 15 is 0 Å². The molecule has 0 unspecified atom stereocenters. The largest absolute Gasteiger partial charge is 0.444 e. The van der Waals surface area contributed by atoms with Crippen LogP contribution in [0.25, 0.3) is 0 Å². The molecule has 1 aliphatic heterocycles. The number of ether oxygens (including phenoxy) is 2. The molecule has 0 spiro atoms. The highest BCUT2D eigenvalue weighted by atomic mass is 35.5. The molecule has 3 rings (SSSR count). The van der Waals surface area contributed by atoms with Gasteiger partial charge in [0, 0.05) is 10.7 Å². The fourth-order valence-corrected chi connectivity index (χ4v) is 2.67. The summed E-state index contributed by atoms with van der Waals surface area (Å²) in [6.45, 7) is -0.181. The lowest BCUT2D eigenvalue weighted by Gasteiger charge is -2.19. The molecule has 0 aliphatic carbocycles. The van der Waals surface area contributed by atoms with Gasteiger partial charge in [-0.15, -0.1) is 0 Å². The third kappa shape index (κ3) is 4.98. The van der Waals surface area contributed by atoms with E-state index in [2.05, 4.69) is 5.32 Å². The number of amides is 2. The normalized spacial score (nSPS) is 16.0. The number of rotatable bonds is 5. The second-order valence-electron chi connectivity index (χ2n) is 5.88. The zero-order chi connectivity index (χ0) is 19.2. The number of hydrogen-bond acceptors (Lipinski definition) is 5. The van der Waals surface area contributed by atoms with Gasteiger partial charge in [-0.05, 0) is 29.8 Å². The third-order valence-electron chi connectivity index (χ3n) is 3.94. The van der Waals surface area contributed by atoms with Gasteiger partial charge < -0.3 is 14.8 Å². The molecular formula is C19H17ClN2O5. The van der Waals surface area contributed by atoms with Gasteiger partial charge in [-0.3, -0.25) is 9.69 Å². The number of nitrogens with zero attached hydrogens (tertiary/aromatic N) is 1. The van der Waals surface area contributed by atoms with Crippen LogP contribution in [0.3, 0.4) is 0 Å². The molecule has 1 aliphatic rings. The lowest BCUT2D eigenvalue weighted by Crippen LogP contribution is -2.40. The molecule has 0 radical (unpaired) electrons. The van der Waals surface area contributed by atoms with Crippen molar-refractivity contribution < 1.29 is 23.9 Å². The minimum absolute atomic E-state index is 0.0635. The van der Waals surface area contributed by atoms with E-state index in [1.807, 2.05) is 30.3 Å². The lowest BCUT2D eigenvalue weighted by atomic mass is 10.2. The van der Waals surface area contributed by atoms with Gasteiger partial charge in [0.2, 0.25) is 5.91 Å². The van der Waals surface area contributed by atoms with E-state index in [0.29, 0.717) is 10.7 Å². The van der Waals surface area contributed by atoms with Gasteiger partial charge in [0.25, 0.3) is 0 Å². The molecule has 27 heavy (non-hydrogen) atoms. The van der Waals surface area contributed by atoms with Crippen molar-refractivity contribution in [1.82, 2.24) is 4.90 Å². The van der Waals surface area contributed by atoms with Crippen LogP contribution in [0.15, 0.2) is 54.6 Å². The topological polar surface area (TPSA) is 84.9 Å². The van der Waals surface area contributed by atoms with Crippen molar-refractivity contribution in [2.45, 2.75) is 19.1 Å². The Balaban J connectivity index is 1.57. The van der Waals surface area contributed by atoms with Crippen molar-refractivity contribution in [3.05, 3.63) is 65.2 Å². The second kappa shape index (κ2) is 8.55. The highest BCUT2D eigenvalue weighted by Crippen LogP contribution is 2.19. The number of carbonyl (C=O) groups excluding carboxylic acids is 3. The first-order valence-electron chi connectivity index (χ1n) is 8.22. The molecular weight excluding hydrogens is 372 g/mol. The van der Waals surface area contributed by atoms with Crippen molar-refractivity contribution in [3.63, 3.8) is 0 Å². The summed E-state index contributed by atoms with van der Waals surface area (Å²) in [7, 11) is 0. The minimum atomic E-state index is -1.03. The molecule has 1 atom stereocenters. The summed E-state index contributed by atoms with van der Waals surface area (Å²) < 4.78 is 10.1. The molecule has 8 heteroatoms. The first-order valence-corrected chi connectivity index (χ1v) is 8.60. The molecule has 1 heterocycles. The number of carbonyl (C=O) groups is 3. The Morgan fingerprint density at radius 1 is 1.15 bits per heavy atom. The fraction of sp³-hybridized carbons (Fsp3) is 0.211. The van der Waals surface area contributed by atoms with E-state index in [1.165, 1.54) is 0 Å². The van der Waals surface area contributed by atoms with Crippen LogP contribution in [0, 0.1) is 0 Å². The Labute approximate surface area is 160 Å². The summed E-state index contributed by atoms with van der Waals surface area (Å²) in [6, 6.07) is 14.7. The summed E-state index contributed by atoms with van der Waals surface area (Å²) in [5.41, 5.74) is 1.35. The van der Waals surface area contributed by atoms with Gasteiger partial charge in [0.1, 0.15) is 12.6 Å². The average molecular weight is 389 g/mol. The maximum absolute atomic E-state index is 12.3. The fourth-order valence-electron chi connectivity index (χ4n) is 2.54. The van der Waals surface area contributed by atoms with Crippen LogP contribution >= 0.6 is 11.6 Å². The van der Waals surface area contributed by atoms with Crippen molar-refractivity contribution >= 4 is 35.3 Å². The average Bonchev–Trinajstić information content (AvgIpc) is 3.03. The van der Waals surface area contributed by atoms with Gasteiger partial charge >= 0.3 is 12.1 Å². The summed E-state index contributed by atoms with van der Waals surface area (Å²) in [6.07, 6.45) is -0.948. The zero-order valence-electron chi connectivity index (χ0n) is 14.3. The summed E-state index contributed by atoms with van der Waals surface area (Å²) >= 11 is 5.80. The van der Waals surface area contributed by atoms with Crippen LogP contribution in [0.4, 0.5) is 10.5 Å². The van der Waals surface area contributed by atoms with Crippen LogP contribution in [-0.4, -0.2) is 35.6 Å². The van der Waals surface area contributed by atoms with Gasteiger partial charge in [-0.25, -0.2) is 9.59 Å². The Hall–Kier alpha value is -3.06. The van der Waals surface area contributed by atoms with Crippen LogP contribution in [0.2, 0.25) is 5.02 Å². The molecule has 140 valence electrons. The van der Waals surface area contributed by atoms with Crippen molar-refractivity contribution in [1.29, 1.82) is 0 Å². The van der Waals surface area contributed by atoms with E-state index in [9.17, 15) is 14.4 Å². The predicted molar refractivity (Wildman–Crippen MR) is 97.9 cm³/mol. The Morgan fingerprint density at radius 3 is 2.56 bits per heavy atom. The van der Waals surface area contributed by atoms with E-state index in [0.717, 1.165) is 10.5 Å². The number of nitrogens with one attached hydrogen (secondary N) is 1. The molecule has 2 aromatic rings. The lowest BCUT2D eigenvalue weighted by molar-refractivity contribution is -0.140. The maximum Gasteiger partial charge on any atom is 0.413 e. The zero-order valence-corrected chi connectivity index (χ0v) is 15.0. The molecule has 1 saturated heterocycles. The van der Waals surface area contributed by atoms with E-state index < -0.39 is 24.0 Å². The summed E-state index contributed by atoms with van der Waals surface area (Å²) in [5.74, 6) is -1.07. The quantitative estimate of drug-likeness (QED) is 0.795. The number of benzene rings is 2. The first-order chi connectivity index (χ1) is 13.0. The number of anilines is 1. The minimum Gasteiger partial charge on any atom is -0.444 e.